The highest BCUT2D eigenvalue weighted by Crippen LogP contribution is 2.21. The fraction of sp³-hybridized carbons (Fsp3) is 0.625. The summed E-state index contributed by atoms with van der Waals surface area (Å²) in [6.07, 6.45) is 7.97. The van der Waals surface area contributed by atoms with E-state index in [2.05, 4.69) is 20.8 Å². The summed E-state index contributed by atoms with van der Waals surface area (Å²) < 4.78 is 0. The number of nitriles is 1. The summed E-state index contributed by atoms with van der Waals surface area (Å²) >= 11 is 0. The number of aromatic amines is 1. The smallest absolute Gasteiger partial charge is 0.315 e. The van der Waals surface area contributed by atoms with Gasteiger partial charge in [0, 0.05) is 25.2 Å². The highest BCUT2D eigenvalue weighted by atomic mass is 16.2. The van der Waals surface area contributed by atoms with E-state index in [9.17, 15) is 9.59 Å². The molecule has 0 aromatic carbocycles. The van der Waals surface area contributed by atoms with Crippen LogP contribution in [0, 0.1) is 11.3 Å². The van der Waals surface area contributed by atoms with Crippen LogP contribution >= 0.6 is 0 Å². The van der Waals surface area contributed by atoms with Crippen molar-refractivity contribution in [1.82, 2.24) is 20.8 Å². The van der Waals surface area contributed by atoms with Crippen LogP contribution < -0.4 is 21.1 Å². The molecule has 0 bridgehead atoms. The third-order valence-electron chi connectivity index (χ3n) is 4.75. The summed E-state index contributed by atoms with van der Waals surface area (Å²) in [5.41, 5.74) is 0.108. The number of hydrogen-bond acceptors (Lipinski definition) is 5. The molecule has 2 heterocycles. The summed E-state index contributed by atoms with van der Waals surface area (Å²) in [4.78, 5) is 25.7. The van der Waals surface area contributed by atoms with Gasteiger partial charge >= 0.3 is 6.03 Å². The molecular formula is C16H22N6O2. The Kier molecular flexibility index (Phi) is 4.99. The maximum absolute atomic E-state index is 12.1. The first-order chi connectivity index (χ1) is 11.7. The molecular weight excluding hydrogens is 308 g/mol. The molecule has 1 saturated heterocycles. The van der Waals surface area contributed by atoms with Gasteiger partial charge < -0.3 is 15.5 Å². The second kappa shape index (κ2) is 7.34. The first-order valence-electron chi connectivity index (χ1n) is 8.47. The fourth-order valence-corrected chi connectivity index (χ4v) is 3.49. The molecule has 2 amide bonds. The fourth-order valence-electron chi connectivity index (χ4n) is 3.49. The molecule has 8 heteroatoms. The number of carbonyl (C=O) groups excluding carboxylic acids is 1. The lowest BCUT2D eigenvalue weighted by Gasteiger charge is -2.24. The first kappa shape index (κ1) is 16.3. The molecule has 1 atom stereocenters. The van der Waals surface area contributed by atoms with E-state index in [0.29, 0.717) is 18.8 Å². The van der Waals surface area contributed by atoms with Crippen molar-refractivity contribution in [3.63, 3.8) is 0 Å². The Morgan fingerprint density at radius 2 is 2.00 bits per heavy atom. The van der Waals surface area contributed by atoms with Gasteiger partial charge in [-0.3, -0.25) is 4.79 Å². The standard InChI is InChI=1S/C16H22N6O2/c17-8-13-14(9-18-21-15(13)23)22-7-6-12(10-22)20-16(24)19-11-4-2-1-3-5-11/h9,11-12H,1-7,10H2,(H,21,23)(H2,19,20,24). The molecule has 2 aliphatic rings. The van der Waals surface area contributed by atoms with Crippen LogP contribution in [0.25, 0.3) is 0 Å². The zero-order valence-electron chi connectivity index (χ0n) is 13.5. The van der Waals surface area contributed by atoms with Gasteiger partial charge in [0.05, 0.1) is 11.9 Å². The molecule has 0 radical (unpaired) electrons. The number of hydrogen-bond donors (Lipinski definition) is 3. The van der Waals surface area contributed by atoms with Crippen LogP contribution in [0.2, 0.25) is 0 Å². The SMILES string of the molecule is N#Cc1c(N2CCC(NC(=O)NC3CCCCC3)C2)cn[nH]c1=O. The molecule has 3 N–H and O–H groups in total. The van der Waals surface area contributed by atoms with Crippen LogP contribution in [0.1, 0.15) is 44.1 Å². The van der Waals surface area contributed by atoms with Crippen LogP contribution in [-0.4, -0.2) is 41.4 Å². The number of urea groups is 1. The third-order valence-corrected chi connectivity index (χ3v) is 4.75. The van der Waals surface area contributed by atoms with E-state index in [-0.39, 0.29) is 23.7 Å². The molecule has 1 aliphatic carbocycles. The lowest BCUT2D eigenvalue weighted by atomic mass is 9.96. The van der Waals surface area contributed by atoms with Gasteiger partial charge in [-0.15, -0.1) is 0 Å². The minimum Gasteiger partial charge on any atom is -0.367 e. The van der Waals surface area contributed by atoms with E-state index >= 15 is 0 Å². The largest absolute Gasteiger partial charge is 0.367 e. The summed E-state index contributed by atoms with van der Waals surface area (Å²) in [7, 11) is 0. The summed E-state index contributed by atoms with van der Waals surface area (Å²) in [6, 6.07) is 2.07. The zero-order chi connectivity index (χ0) is 16.9. The molecule has 1 aromatic rings. The van der Waals surface area contributed by atoms with Crippen molar-refractivity contribution in [3.8, 4) is 6.07 Å². The predicted molar refractivity (Wildman–Crippen MR) is 88.7 cm³/mol. The van der Waals surface area contributed by atoms with Crippen molar-refractivity contribution >= 4 is 11.7 Å². The van der Waals surface area contributed by atoms with Crippen molar-refractivity contribution in [2.24, 2.45) is 0 Å². The van der Waals surface area contributed by atoms with Crippen molar-refractivity contribution < 1.29 is 4.79 Å². The highest BCUT2D eigenvalue weighted by Gasteiger charge is 2.27. The number of H-pyrrole nitrogens is 1. The van der Waals surface area contributed by atoms with Crippen LogP contribution in [0.15, 0.2) is 11.0 Å². The third kappa shape index (κ3) is 3.67. The normalized spacial score (nSPS) is 21.3. The zero-order valence-corrected chi connectivity index (χ0v) is 13.5. The molecule has 1 aliphatic heterocycles. The maximum atomic E-state index is 12.1. The molecule has 8 nitrogen and oxygen atoms in total. The lowest BCUT2D eigenvalue weighted by molar-refractivity contribution is 0.229. The van der Waals surface area contributed by atoms with Gasteiger partial charge in [0.15, 0.2) is 0 Å². The number of rotatable bonds is 3. The Bertz CT molecular complexity index is 689. The van der Waals surface area contributed by atoms with Crippen molar-refractivity contribution in [2.75, 3.05) is 18.0 Å². The van der Waals surface area contributed by atoms with Gasteiger partial charge in [-0.05, 0) is 19.3 Å². The van der Waals surface area contributed by atoms with E-state index in [4.69, 9.17) is 5.26 Å². The van der Waals surface area contributed by atoms with Gasteiger partial charge in [-0.2, -0.15) is 10.4 Å². The highest BCUT2D eigenvalue weighted by molar-refractivity contribution is 5.74. The second-order valence-corrected chi connectivity index (χ2v) is 6.46. The predicted octanol–water partition coefficient (Wildman–Crippen LogP) is 0.852. The maximum Gasteiger partial charge on any atom is 0.315 e. The Labute approximate surface area is 140 Å². The molecule has 1 aromatic heterocycles. The molecule has 0 spiro atoms. The average Bonchev–Trinajstić information content (AvgIpc) is 3.03. The van der Waals surface area contributed by atoms with Gasteiger partial charge in [-0.1, -0.05) is 19.3 Å². The summed E-state index contributed by atoms with van der Waals surface area (Å²) in [6.45, 7) is 1.24. The molecule has 128 valence electrons. The number of nitrogens with zero attached hydrogens (tertiary/aromatic N) is 3. The van der Waals surface area contributed by atoms with Crippen molar-refractivity contribution in [1.29, 1.82) is 5.26 Å². The van der Waals surface area contributed by atoms with Crippen molar-refractivity contribution in [2.45, 2.75) is 50.6 Å². The number of aromatic nitrogens is 2. The van der Waals surface area contributed by atoms with Gasteiger partial charge in [0.25, 0.3) is 5.56 Å². The van der Waals surface area contributed by atoms with Crippen LogP contribution in [0.3, 0.4) is 0 Å². The number of nitrogens with one attached hydrogen (secondary N) is 3. The quantitative estimate of drug-likeness (QED) is 0.760. The van der Waals surface area contributed by atoms with E-state index in [1.807, 2.05) is 11.0 Å². The van der Waals surface area contributed by atoms with Gasteiger partial charge in [-0.25, -0.2) is 9.89 Å². The Hall–Kier alpha value is -2.56. The number of anilines is 1. The van der Waals surface area contributed by atoms with Crippen LogP contribution in [0.5, 0.6) is 0 Å². The average molecular weight is 330 g/mol. The van der Waals surface area contributed by atoms with Crippen LogP contribution in [-0.2, 0) is 0 Å². The monoisotopic (exact) mass is 330 g/mol. The second-order valence-electron chi connectivity index (χ2n) is 6.46. The van der Waals surface area contributed by atoms with Gasteiger partial charge in [0.1, 0.15) is 11.6 Å². The molecule has 3 rings (SSSR count). The molecule has 1 unspecified atom stereocenters. The Morgan fingerprint density at radius 1 is 1.25 bits per heavy atom. The molecule has 2 fully saturated rings. The lowest BCUT2D eigenvalue weighted by Crippen LogP contribution is -2.47. The first-order valence-corrected chi connectivity index (χ1v) is 8.47. The number of carbonyl (C=O) groups is 1. The Balaban J connectivity index is 1.56. The minimum atomic E-state index is -0.485. The molecule has 1 saturated carbocycles. The summed E-state index contributed by atoms with van der Waals surface area (Å²) in [5.74, 6) is 0. The minimum absolute atomic E-state index is 0.000536. The van der Waals surface area contributed by atoms with Gasteiger partial charge in [0.2, 0.25) is 0 Å². The van der Waals surface area contributed by atoms with E-state index in [0.717, 1.165) is 19.3 Å². The number of amides is 2. The summed E-state index contributed by atoms with van der Waals surface area (Å²) in [5, 5.41) is 21.2. The topological polar surface area (TPSA) is 114 Å². The van der Waals surface area contributed by atoms with Crippen LogP contribution in [0.4, 0.5) is 10.5 Å². The Morgan fingerprint density at radius 3 is 2.75 bits per heavy atom. The van der Waals surface area contributed by atoms with Crippen molar-refractivity contribution in [3.05, 3.63) is 22.1 Å². The van der Waals surface area contributed by atoms with E-state index < -0.39 is 5.56 Å². The molecule has 24 heavy (non-hydrogen) atoms. The van der Waals surface area contributed by atoms with E-state index in [1.165, 1.54) is 25.5 Å². The van der Waals surface area contributed by atoms with E-state index in [1.54, 1.807) is 0 Å².